The topological polar surface area (TPSA) is 50.6 Å². The Balaban J connectivity index is 1.44. The minimum absolute atomic E-state index is 0.103. The zero-order valence-electron chi connectivity index (χ0n) is 15.3. The van der Waals surface area contributed by atoms with Crippen LogP contribution in [0.3, 0.4) is 0 Å². The molecule has 138 valence electrons. The van der Waals surface area contributed by atoms with E-state index in [4.69, 9.17) is 4.74 Å². The maximum Gasteiger partial charge on any atom is 0.225 e. The zero-order chi connectivity index (χ0) is 17.9. The lowest BCUT2D eigenvalue weighted by Crippen LogP contribution is -2.45. The van der Waals surface area contributed by atoms with Crippen molar-refractivity contribution < 1.29 is 9.53 Å². The van der Waals surface area contributed by atoms with Crippen LogP contribution in [0.15, 0.2) is 42.7 Å². The van der Waals surface area contributed by atoms with Gasteiger partial charge in [-0.15, -0.1) is 0 Å². The van der Waals surface area contributed by atoms with Crippen molar-refractivity contribution in [2.24, 2.45) is 7.05 Å². The Labute approximate surface area is 154 Å². The van der Waals surface area contributed by atoms with E-state index in [0.717, 1.165) is 31.9 Å². The molecular weight excluding hydrogens is 328 g/mol. The van der Waals surface area contributed by atoms with E-state index < -0.39 is 0 Å². The molecule has 2 aliphatic heterocycles. The van der Waals surface area contributed by atoms with Gasteiger partial charge < -0.3 is 14.2 Å². The number of hydrogen-bond acceptors (Lipinski definition) is 4. The molecule has 2 saturated heterocycles. The summed E-state index contributed by atoms with van der Waals surface area (Å²) in [5, 5.41) is 0. The van der Waals surface area contributed by atoms with Crippen molar-refractivity contribution in [2.75, 3.05) is 26.2 Å². The highest BCUT2D eigenvalue weighted by molar-refractivity contribution is 5.77. The van der Waals surface area contributed by atoms with Crippen molar-refractivity contribution in [1.29, 1.82) is 0 Å². The lowest BCUT2D eigenvalue weighted by molar-refractivity contribution is -0.133. The minimum atomic E-state index is 0.103. The quantitative estimate of drug-likeness (QED) is 0.816. The predicted octanol–water partition coefficient (Wildman–Crippen LogP) is 1.46. The molecule has 1 aromatic heterocycles. The van der Waals surface area contributed by atoms with Gasteiger partial charge in [-0.1, -0.05) is 30.3 Å². The Hall–Kier alpha value is -2.18. The van der Waals surface area contributed by atoms with Crippen molar-refractivity contribution in [1.82, 2.24) is 19.4 Å². The fourth-order valence-corrected chi connectivity index (χ4v) is 3.99. The molecule has 2 atom stereocenters. The Bertz CT molecular complexity index is 745. The molecule has 0 radical (unpaired) electrons. The van der Waals surface area contributed by atoms with Gasteiger partial charge in [-0.3, -0.25) is 9.69 Å². The minimum Gasteiger partial charge on any atom is -0.374 e. The van der Waals surface area contributed by atoms with Crippen molar-refractivity contribution in [3.05, 3.63) is 54.1 Å². The zero-order valence-corrected chi connectivity index (χ0v) is 15.3. The van der Waals surface area contributed by atoms with Gasteiger partial charge in [-0.2, -0.15) is 0 Å². The molecular formula is C20H26N4O2. The molecule has 0 bridgehead atoms. The summed E-state index contributed by atoms with van der Waals surface area (Å²) in [5.41, 5.74) is 1.17. The molecule has 4 rings (SSSR count). The average Bonchev–Trinajstić information content (AvgIpc) is 3.21. The lowest BCUT2D eigenvalue weighted by atomic mass is 10.1. The van der Waals surface area contributed by atoms with Gasteiger partial charge in [0.1, 0.15) is 5.82 Å². The number of benzene rings is 1. The van der Waals surface area contributed by atoms with Crippen LogP contribution < -0.4 is 0 Å². The molecule has 0 aliphatic carbocycles. The number of fused-ring (bicyclic) bond motifs is 1. The number of carbonyl (C=O) groups is 1. The number of imidazole rings is 1. The van der Waals surface area contributed by atoms with E-state index in [1.165, 1.54) is 5.56 Å². The number of carbonyl (C=O) groups excluding carboxylic acids is 1. The van der Waals surface area contributed by atoms with Gasteiger partial charge >= 0.3 is 0 Å². The second kappa shape index (κ2) is 7.60. The summed E-state index contributed by atoms with van der Waals surface area (Å²) in [4.78, 5) is 21.5. The highest BCUT2D eigenvalue weighted by atomic mass is 16.5. The largest absolute Gasteiger partial charge is 0.374 e. The third-order valence-electron chi connectivity index (χ3n) is 5.45. The van der Waals surface area contributed by atoms with Gasteiger partial charge in [0.05, 0.1) is 25.2 Å². The first kappa shape index (κ1) is 17.2. The first-order valence-corrected chi connectivity index (χ1v) is 9.34. The second-order valence-corrected chi connectivity index (χ2v) is 7.20. The van der Waals surface area contributed by atoms with Gasteiger partial charge in [-0.05, 0) is 5.56 Å². The summed E-state index contributed by atoms with van der Waals surface area (Å²) in [6, 6.07) is 10.4. The summed E-state index contributed by atoms with van der Waals surface area (Å²) in [5.74, 6) is 1.29. The SMILES string of the molecule is Cn1ccnc1CCN1C[C@@H]2OCCC(=O)N(Cc3ccccc3)[C@H]2C1. The highest BCUT2D eigenvalue weighted by Crippen LogP contribution is 2.25. The molecule has 0 saturated carbocycles. The van der Waals surface area contributed by atoms with Gasteiger partial charge in [0.2, 0.25) is 5.91 Å². The van der Waals surface area contributed by atoms with Crippen LogP contribution in [0, 0.1) is 0 Å². The average molecular weight is 354 g/mol. The molecule has 0 N–H and O–H groups in total. The third-order valence-corrected chi connectivity index (χ3v) is 5.45. The maximum atomic E-state index is 12.7. The molecule has 6 nitrogen and oxygen atoms in total. The summed E-state index contributed by atoms with van der Waals surface area (Å²) >= 11 is 0. The van der Waals surface area contributed by atoms with E-state index >= 15 is 0 Å². The van der Waals surface area contributed by atoms with Crippen molar-refractivity contribution in [2.45, 2.75) is 31.5 Å². The van der Waals surface area contributed by atoms with Crippen LogP contribution >= 0.6 is 0 Å². The highest BCUT2D eigenvalue weighted by Gasteiger charge is 2.41. The standard InChI is InChI=1S/C20H26N4O2/c1-22-11-9-21-19(22)7-10-23-14-17-18(15-23)26-12-8-20(25)24(17)13-16-5-3-2-4-6-16/h2-6,9,11,17-18H,7-8,10,12-15H2,1H3/t17-,18-/m0/s1. The molecule has 1 aromatic carbocycles. The van der Waals surface area contributed by atoms with Crippen LogP contribution in [-0.2, 0) is 29.5 Å². The molecule has 1 amide bonds. The Morgan fingerprint density at radius 1 is 1.23 bits per heavy atom. The first-order chi connectivity index (χ1) is 12.7. The summed E-state index contributed by atoms with van der Waals surface area (Å²) in [7, 11) is 2.03. The van der Waals surface area contributed by atoms with Crippen LogP contribution in [-0.4, -0.2) is 63.6 Å². The number of hydrogen-bond donors (Lipinski definition) is 0. The number of amides is 1. The normalized spacial score (nSPS) is 23.9. The third kappa shape index (κ3) is 3.66. The van der Waals surface area contributed by atoms with Crippen LogP contribution in [0.25, 0.3) is 0 Å². The maximum absolute atomic E-state index is 12.7. The molecule has 2 aromatic rings. The summed E-state index contributed by atoms with van der Waals surface area (Å²) in [6.07, 6.45) is 5.31. The fraction of sp³-hybridized carbons (Fsp3) is 0.500. The molecule has 0 spiro atoms. The van der Waals surface area contributed by atoms with Crippen LogP contribution in [0.5, 0.6) is 0 Å². The monoisotopic (exact) mass is 354 g/mol. The van der Waals surface area contributed by atoms with E-state index in [2.05, 4.69) is 26.6 Å². The Morgan fingerprint density at radius 3 is 2.85 bits per heavy atom. The van der Waals surface area contributed by atoms with Crippen LogP contribution in [0.1, 0.15) is 17.8 Å². The van der Waals surface area contributed by atoms with E-state index in [9.17, 15) is 4.79 Å². The van der Waals surface area contributed by atoms with E-state index in [1.807, 2.05) is 42.5 Å². The Morgan fingerprint density at radius 2 is 2.08 bits per heavy atom. The molecule has 3 heterocycles. The molecule has 26 heavy (non-hydrogen) atoms. The molecule has 0 unspecified atom stereocenters. The van der Waals surface area contributed by atoms with Crippen molar-refractivity contribution >= 4 is 5.91 Å². The Kier molecular flexibility index (Phi) is 5.04. The van der Waals surface area contributed by atoms with E-state index in [-0.39, 0.29) is 18.1 Å². The molecule has 6 heteroatoms. The molecule has 2 fully saturated rings. The number of aromatic nitrogens is 2. The number of rotatable bonds is 5. The van der Waals surface area contributed by atoms with Crippen LogP contribution in [0.4, 0.5) is 0 Å². The van der Waals surface area contributed by atoms with Crippen molar-refractivity contribution in [3.8, 4) is 0 Å². The van der Waals surface area contributed by atoms with E-state index in [1.54, 1.807) is 0 Å². The smallest absolute Gasteiger partial charge is 0.225 e. The van der Waals surface area contributed by atoms with Crippen molar-refractivity contribution in [3.63, 3.8) is 0 Å². The number of ether oxygens (including phenoxy) is 1. The van der Waals surface area contributed by atoms with E-state index in [0.29, 0.717) is 19.6 Å². The molecule has 2 aliphatic rings. The summed E-state index contributed by atoms with van der Waals surface area (Å²) < 4.78 is 8.10. The summed E-state index contributed by atoms with van der Waals surface area (Å²) in [6.45, 7) is 3.88. The second-order valence-electron chi connectivity index (χ2n) is 7.20. The van der Waals surface area contributed by atoms with Gasteiger partial charge in [0.15, 0.2) is 0 Å². The number of likely N-dealkylation sites (tertiary alicyclic amines) is 1. The number of nitrogens with zero attached hydrogens (tertiary/aromatic N) is 4. The van der Waals surface area contributed by atoms with Gasteiger partial charge in [0.25, 0.3) is 0 Å². The van der Waals surface area contributed by atoms with Gasteiger partial charge in [-0.25, -0.2) is 4.98 Å². The van der Waals surface area contributed by atoms with Gasteiger partial charge in [0, 0.05) is 52.0 Å². The van der Waals surface area contributed by atoms with Crippen LogP contribution in [0.2, 0.25) is 0 Å². The predicted molar refractivity (Wildman–Crippen MR) is 98.5 cm³/mol. The first-order valence-electron chi connectivity index (χ1n) is 9.34. The number of aryl methyl sites for hydroxylation is 1. The lowest BCUT2D eigenvalue weighted by Gasteiger charge is -2.30. The fourth-order valence-electron chi connectivity index (χ4n) is 3.99.